The lowest BCUT2D eigenvalue weighted by atomic mass is 10.2. The molecule has 3 amide bonds. The van der Waals surface area contributed by atoms with Crippen LogP contribution in [0.25, 0.3) is 0 Å². The van der Waals surface area contributed by atoms with Gasteiger partial charge >= 0.3 is 0 Å². The molecule has 3 rings (SSSR count). The normalized spacial score (nSPS) is 13.8. The average Bonchev–Trinajstić information content (AvgIpc) is 3.12. The summed E-state index contributed by atoms with van der Waals surface area (Å²) in [6.07, 6.45) is 2.39. The zero-order valence-electron chi connectivity index (χ0n) is 11.1. The van der Waals surface area contributed by atoms with Crippen LogP contribution in [0.15, 0.2) is 47.9 Å². The van der Waals surface area contributed by atoms with E-state index in [-0.39, 0.29) is 10.9 Å². The molecule has 22 heavy (non-hydrogen) atoms. The molecule has 1 aliphatic heterocycles. The van der Waals surface area contributed by atoms with Gasteiger partial charge in [-0.1, -0.05) is 17.7 Å². The fraction of sp³-hybridized carbons (Fsp3) is 0. The number of thiophene rings is 1. The van der Waals surface area contributed by atoms with Crippen LogP contribution in [0.1, 0.15) is 9.67 Å². The molecule has 0 saturated carbocycles. The molecule has 0 fully saturated rings. The van der Waals surface area contributed by atoms with Crippen molar-refractivity contribution < 1.29 is 14.4 Å². The molecule has 1 aromatic heterocycles. The van der Waals surface area contributed by atoms with Crippen molar-refractivity contribution in [2.45, 2.75) is 0 Å². The Morgan fingerprint density at radius 3 is 2.45 bits per heavy atom. The SMILES string of the molecule is O=C(Nc1ccc(N2C(=O)C=CC2=O)cc1Cl)c1cccs1. The lowest BCUT2D eigenvalue weighted by Gasteiger charge is -2.15. The van der Waals surface area contributed by atoms with Crippen molar-refractivity contribution in [2.24, 2.45) is 0 Å². The molecule has 0 saturated heterocycles. The summed E-state index contributed by atoms with van der Waals surface area (Å²) in [7, 11) is 0. The molecule has 1 N–H and O–H groups in total. The van der Waals surface area contributed by atoms with E-state index in [1.807, 2.05) is 0 Å². The highest BCUT2D eigenvalue weighted by molar-refractivity contribution is 7.12. The van der Waals surface area contributed by atoms with Gasteiger partial charge in [0.25, 0.3) is 17.7 Å². The van der Waals surface area contributed by atoms with Crippen molar-refractivity contribution in [1.29, 1.82) is 0 Å². The minimum atomic E-state index is -0.420. The molecule has 0 bridgehead atoms. The van der Waals surface area contributed by atoms with Gasteiger partial charge in [0.05, 0.1) is 21.3 Å². The Labute approximate surface area is 134 Å². The molecule has 0 spiro atoms. The number of hydrogen-bond acceptors (Lipinski definition) is 4. The highest BCUT2D eigenvalue weighted by Gasteiger charge is 2.25. The second-order valence-electron chi connectivity index (χ2n) is 4.44. The van der Waals surface area contributed by atoms with Crippen LogP contribution in [0.5, 0.6) is 0 Å². The summed E-state index contributed by atoms with van der Waals surface area (Å²) in [5, 5.41) is 4.74. The van der Waals surface area contributed by atoms with Crippen molar-refractivity contribution in [2.75, 3.05) is 10.2 Å². The molecule has 2 aromatic rings. The Kier molecular flexibility index (Phi) is 3.79. The summed E-state index contributed by atoms with van der Waals surface area (Å²) in [6.45, 7) is 0. The van der Waals surface area contributed by atoms with Gasteiger partial charge in [-0.2, -0.15) is 0 Å². The van der Waals surface area contributed by atoms with E-state index in [1.165, 1.54) is 29.6 Å². The number of anilines is 2. The van der Waals surface area contributed by atoms with Gasteiger partial charge in [-0.15, -0.1) is 11.3 Å². The van der Waals surface area contributed by atoms with Crippen molar-refractivity contribution in [3.63, 3.8) is 0 Å². The van der Waals surface area contributed by atoms with Gasteiger partial charge in [0.1, 0.15) is 0 Å². The molecule has 7 heteroatoms. The van der Waals surface area contributed by atoms with E-state index < -0.39 is 11.8 Å². The molecular formula is C15H9ClN2O3S. The second kappa shape index (κ2) is 5.75. The Bertz CT molecular complexity index is 781. The summed E-state index contributed by atoms with van der Waals surface area (Å²) in [5.41, 5.74) is 0.773. The third-order valence-corrected chi connectivity index (χ3v) is 4.19. The van der Waals surface area contributed by atoms with Gasteiger partial charge in [0.15, 0.2) is 0 Å². The second-order valence-corrected chi connectivity index (χ2v) is 5.80. The number of amides is 3. The first-order valence-electron chi connectivity index (χ1n) is 6.27. The number of benzene rings is 1. The van der Waals surface area contributed by atoms with E-state index in [4.69, 9.17) is 11.6 Å². The lowest BCUT2D eigenvalue weighted by molar-refractivity contribution is -0.119. The largest absolute Gasteiger partial charge is 0.320 e. The number of carbonyl (C=O) groups is 3. The van der Waals surface area contributed by atoms with Crippen LogP contribution in [-0.2, 0) is 9.59 Å². The number of halogens is 1. The fourth-order valence-electron chi connectivity index (χ4n) is 1.99. The quantitative estimate of drug-likeness (QED) is 0.878. The Morgan fingerprint density at radius 1 is 1.14 bits per heavy atom. The van der Waals surface area contributed by atoms with E-state index in [0.29, 0.717) is 16.3 Å². The van der Waals surface area contributed by atoms with E-state index in [2.05, 4.69) is 5.32 Å². The molecule has 0 unspecified atom stereocenters. The van der Waals surface area contributed by atoms with E-state index in [0.717, 1.165) is 4.90 Å². The van der Waals surface area contributed by atoms with Gasteiger partial charge < -0.3 is 5.32 Å². The van der Waals surface area contributed by atoms with Crippen molar-refractivity contribution >= 4 is 52.0 Å². The van der Waals surface area contributed by atoms with E-state index >= 15 is 0 Å². The summed E-state index contributed by atoms with van der Waals surface area (Å²) in [5.74, 6) is -1.10. The number of imide groups is 1. The smallest absolute Gasteiger partial charge is 0.265 e. The zero-order chi connectivity index (χ0) is 15.7. The summed E-state index contributed by atoms with van der Waals surface area (Å²) in [6, 6.07) is 8.06. The first-order valence-corrected chi connectivity index (χ1v) is 7.52. The van der Waals surface area contributed by atoms with Gasteiger partial charge in [-0.05, 0) is 29.6 Å². The average molecular weight is 333 g/mol. The molecule has 1 aliphatic rings. The van der Waals surface area contributed by atoms with Crippen LogP contribution >= 0.6 is 22.9 Å². The number of rotatable bonds is 3. The van der Waals surface area contributed by atoms with Gasteiger partial charge in [0.2, 0.25) is 0 Å². The first-order chi connectivity index (χ1) is 10.6. The van der Waals surface area contributed by atoms with Crippen LogP contribution in [0.3, 0.4) is 0 Å². The highest BCUT2D eigenvalue weighted by atomic mass is 35.5. The van der Waals surface area contributed by atoms with E-state index in [9.17, 15) is 14.4 Å². The van der Waals surface area contributed by atoms with Crippen molar-refractivity contribution in [3.05, 3.63) is 57.8 Å². The molecule has 2 heterocycles. The summed E-state index contributed by atoms with van der Waals surface area (Å²) in [4.78, 5) is 36.8. The predicted octanol–water partition coefficient (Wildman–Crippen LogP) is 3.08. The van der Waals surface area contributed by atoms with Gasteiger partial charge in [-0.3, -0.25) is 14.4 Å². The first kappa shape index (κ1) is 14.5. The van der Waals surface area contributed by atoms with Crippen LogP contribution < -0.4 is 10.2 Å². The molecule has 5 nitrogen and oxygen atoms in total. The Hall–Kier alpha value is -2.44. The molecule has 0 aliphatic carbocycles. The van der Waals surface area contributed by atoms with Crippen molar-refractivity contribution in [1.82, 2.24) is 0 Å². The number of hydrogen-bond donors (Lipinski definition) is 1. The lowest BCUT2D eigenvalue weighted by Crippen LogP contribution is -2.29. The summed E-state index contributed by atoms with van der Waals surface area (Å²) >= 11 is 7.45. The standard InChI is InChI=1S/C15H9ClN2O3S/c16-10-8-9(18-13(19)5-6-14(18)20)3-4-11(10)17-15(21)12-2-1-7-22-12/h1-8H,(H,17,21). The predicted molar refractivity (Wildman–Crippen MR) is 85.4 cm³/mol. The number of carbonyl (C=O) groups excluding carboxylic acids is 3. The number of nitrogens with one attached hydrogen (secondary N) is 1. The van der Waals surface area contributed by atoms with Gasteiger partial charge in [-0.25, -0.2) is 4.90 Å². The minimum Gasteiger partial charge on any atom is -0.320 e. The molecule has 110 valence electrons. The third kappa shape index (κ3) is 2.66. The fourth-order valence-corrected chi connectivity index (χ4v) is 2.83. The van der Waals surface area contributed by atoms with Crippen LogP contribution in [0.4, 0.5) is 11.4 Å². The minimum absolute atomic E-state index is 0.245. The number of nitrogens with zero attached hydrogens (tertiary/aromatic N) is 1. The van der Waals surface area contributed by atoms with Crippen LogP contribution in [0.2, 0.25) is 5.02 Å². The molecule has 0 radical (unpaired) electrons. The third-order valence-electron chi connectivity index (χ3n) is 3.01. The molecule has 1 aromatic carbocycles. The maximum atomic E-state index is 12.0. The maximum Gasteiger partial charge on any atom is 0.265 e. The Balaban J connectivity index is 1.82. The van der Waals surface area contributed by atoms with Crippen LogP contribution in [0, 0.1) is 0 Å². The van der Waals surface area contributed by atoms with Crippen LogP contribution in [-0.4, -0.2) is 17.7 Å². The zero-order valence-corrected chi connectivity index (χ0v) is 12.6. The highest BCUT2D eigenvalue weighted by Crippen LogP contribution is 2.29. The molecular weight excluding hydrogens is 324 g/mol. The summed E-state index contributed by atoms with van der Waals surface area (Å²) < 4.78 is 0. The topological polar surface area (TPSA) is 66.5 Å². The maximum absolute atomic E-state index is 12.0. The Morgan fingerprint density at radius 2 is 1.86 bits per heavy atom. The van der Waals surface area contributed by atoms with E-state index in [1.54, 1.807) is 29.6 Å². The van der Waals surface area contributed by atoms with Crippen molar-refractivity contribution in [3.8, 4) is 0 Å². The van der Waals surface area contributed by atoms with Gasteiger partial charge in [0, 0.05) is 12.2 Å². The monoisotopic (exact) mass is 332 g/mol. The molecule has 0 atom stereocenters.